The number of fused-ring (bicyclic) bond motifs is 1. The number of amides is 1. The Labute approximate surface area is 187 Å². The molecule has 2 aromatic carbocycles. The fraction of sp³-hybridized carbons (Fsp3) is 0.320. The Morgan fingerprint density at radius 2 is 1.91 bits per heavy atom. The number of hydrogen-bond donors (Lipinski definition) is 0. The highest BCUT2D eigenvalue weighted by molar-refractivity contribution is 5.97. The van der Waals surface area contributed by atoms with E-state index in [9.17, 15) is 4.79 Å². The maximum Gasteiger partial charge on any atom is 0.257 e. The van der Waals surface area contributed by atoms with E-state index in [1.165, 1.54) is 0 Å². The van der Waals surface area contributed by atoms with Crippen molar-refractivity contribution in [3.63, 3.8) is 0 Å². The van der Waals surface area contributed by atoms with Crippen molar-refractivity contribution in [2.24, 2.45) is 0 Å². The van der Waals surface area contributed by atoms with Crippen LogP contribution in [0.5, 0.6) is 5.75 Å². The number of hydrogen-bond acceptors (Lipinski definition) is 6. The third-order valence-corrected chi connectivity index (χ3v) is 5.33. The van der Waals surface area contributed by atoms with Gasteiger partial charge < -0.3 is 18.6 Å². The minimum Gasteiger partial charge on any atom is -0.485 e. The minimum atomic E-state index is -0.128. The van der Waals surface area contributed by atoms with E-state index in [4.69, 9.17) is 13.7 Å². The zero-order valence-corrected chi connectivity index (χ0v) is 18.6. The molecule has 0 atom stereocenters. The number of nitrogens with zero attached hydrogens (tertiary/aromatic N) is 3. The maximum atomic E-state index is 13.3. The number of ether oxygens (including phenoxy) is 1. The number of unbranched alkanes of at least 4 members (excludes halogenated alkanes) is 1. The van der Waals surface area contributed by atoms with Crippen molar-refractivity contribution >= 4 is 16.9 Å². The minimum absolute atomic E-state index is 0.124. The third-order valence-electron chi connectivity index (χ3n) is 5.33. The van der Waals surface area contributed by atoms with Crippen molar-refractivity contribution < 1.29 is 18.5 Å². The molecule has 7 heteroatoms. The van der Waals surface area contributed by atoms with E-state index < -0.39 is 0 Å². The molecule has 0 fully saturated rings. The number of aryl methyl sites for hydroxylation is 2. The lowest BCUT2D eigenvalue weighted by Gasteiger charge is -2.19. The van der Waals surface area contributed by atoms with Crippen molar-refractivity contribution in [1.82, 2.24) is 15.0 Å². The molecule has 0 N–H and O–H groups in total. The van der Waals surface area contributed by atoms with Gasteiger partial charge in [-0.2, -0.15) is 4.98 Å². The molecule has 32 heavy (non-hydrogen) atoms. The van der Waals surface area contributed by atoms with E-state index in [-0.39, 0.29) is 12.5 Å². The Hall–Kier alpha value is -3.61. The van der Waals surface area contributed by atoms with E-state index in [1.54, 1.807) is 31.0 Å². The Balaban J connectivity index is 1.55. The Morgan fingerprint density at radius 3 is 2.69 bits per heavy atom. The summed E-state index contributed by atoms with van der Waals surface area (Å²) in [6.07, 6.45) is 2.97. The summed E-state index contributed by atoms with van der Waals surface area (Å²) in [4.78, 5) is 19.2. The molecule has 0 unspecified atom stereocenters. The van der Waals surface area contributed by atoms with Crippen LogP contribution >= 0.6 is 0 Å². The number of benzene rings is 2. The molecule has 0 aliphatic rings. The molecule has 0 bridgehead atoms. The van der Waals surface area contributed by atoms with E-state index in [0.717, 1.165) is 41.6 Å². The van der Waals surface area contributed by atoms with Gasteiger partial charge in [-0.1, -0.05) is 48.8 Å². The Morgan fingerprint density at radius 1 is 1.12 bits per heavy atom. The van der Waals surface area contributed by atoms with Gasteiger partial charge in [0, 0.05) is 37.9 Å². The summed E-state index contributed by atoms with van der Waals surface area (Å²) in [6, 6.07) is 15.2. The van der Waals surface area contributed by atoms with E-state index in [2.05, 4.69) is 17.1 Å². The predicted molar refractivity (Wildman–Crippen MR) is 120 cm³/mol. The summed E-state index contributed by atoms with van der Waals surface area (Å²) < 4.78 is 16.9. The van der Waals surface area contributed by atoms with Crippen molar-refractivity contribution in [3.8, 4) is 5.75 Å². The zero-order chi connectivity index (χ0) is 22.5. The highest BCUT2D eigenvalue weighted by Crippen LogP contribution is 2.29. The van der Waals surface area contributed by atoms with Crippen molar-refractivity contribution in [1.29, 1.82) is 0 Å². The van der Waals surface area contributed by atoms with Gasteiger partial charge in [0.05, 0.1) is 5.56 Å². The van der Waals surface area contributed by atoms with Crippen LogP contribution in [0.3, 0.4) is 0 Å². The molecule has 7 nitrogen and oxygen atoms in total. The summed E-state index contributed by atoms with van der Waals surface area (Å²) in [5.74, 6) is 2.21. The van der Waals surface area contributed by atoms with Gasteiger partial charge in [0.2, 0.25) is 11.7 Å². The average Bonchev–Trinajstić information content (AvgIpc) is 3.39. The number of furan rings is 1. The second-order valence-corrected chi connectivity index (χ2v) is 7.78. The second kappa shape index (κ2) is 9.68. The summed E-state index contributed by atoms with van der Waals surface area (Å²) in [6.45, 7) is 4.45. The molecule has 1 amide bonds. The van der Waals surface area contributed by atoms with Crippen LogP contribution in [0.2, 0.25) is 0 Å². The first kappa shape index (κ1) is 21.6. The van der Waals surface area contributed by atoms with Gasteiger partial charge in [0.1, 0.15) is 17.1 Å². The molecule has 0 radical (unpaired) electrons. The van der Waals surface area contributed by atoms with E-state index in [1.807, 2.05) is 36.4 Å². The highest BCUT2D eigenvalue weighted by Gasteiger charge is 2.21. The molecule has 0 saturated carbocycles. The van der Waals surface area contributed by atoms with Gasteiger partial charge in [-0.3, -0.25) is 4.79 Å². The van der Waals surface area contributed by atoms with Crippen molar-refractivity contribution in [3.05, 3.63) is 77.1 Å². The number of para-hydroxylation sites is 2. The first-order chi connectivity index (χ1) is 15.6. The second-order valence-electron chi connectivity index (χ2n) is 7.78. The number of aromatic nitrogens is 2. The van der Waals surface area contributed by atoms with Crippen LogP contribution in [0, 0.1) is 6.92 Å². The van der Waals surface area contributed by atoms with Gasteiger partial charge in [0.25, 0.3) is 5.91 Å². The molecule has 0 saturated heterocycles. The van der Waals surface area contributed by atoms with E-state index >= 15 is 0 Å². The van der Waals surface area contributed by atoms with Crippen LogP contribution in [0.1, 0.15) is 53.2 Å². The van der Waals surface area contributed by atoms with E-state index in [0.29, 0.717) is 29.6 Å². The standard InChI is InChI=1S/C25H27N3O4/c1-4-5-12-23-20(18-10-6-9-14-22(18)31-23)15-28(3)25(29)19-11-7-8-13-21(19)30-16-24-26-17(2)32-27-24/h6-11,13-14H,4-5,12,15-16H2,1-3H3. The molecule has 0 aliphatic carbocycles. The Bertz CT molecular complexity index is 1210. The topological polar surface area (TPSA) is 81.6 Å². The molecule has 2 heterocycles. The monoisotopic (exact) mass is 433 g/mol. The average molecular weight is 434 g/mol. The van der Waals surface area contributed by atoms with Crippen LogP contribution in [-0.2, 0) is 19.6 Å². The fourth-order valence-electron chi connectivity index (χ4n) is 3.69. The molecular weight excluding hydrogens is 406 g/mol. The molecule has 0 aliphatic heterocycles. The maximum absolute atomic E-state index is 13.3. The largest absolute Gasteiger partial charge is 0.485 e. The Kier molecular flexibility index (Phi) is 6.54. The number of rotatable bonds is 9. The molecule has 4 rings (SSSR count). The first-order valence-corrected chi connectivity index (χ1v) is 10.8. The number of carbonyl (C=O) groups is 1. The van der Waals surface area contributed by atoms with Crippen LogP contribution in [0.4, 0.5) is 0 Å². The highest BCUT2D eigenvalue weighted by atomic mass is 16.5. The van der Waals surface area contributed by atoms with Crippen molar-refractivity contribution in [2.45, 2.75) is 46.3 Å². The lowest BCUT2D eigenvalue weighted by Crippen LogP contribution is -2.27. The lowest BCUT2D eigenvalue weighted by molar-refractivity contribution is 0.0780. The lowest BCUT2D eigenvalue weighted by atomic mass is 10.1. The predicted octanol–water partition coefficient (Wildman–Crippen LogP) is 5.32. The van der Waals surface area contributed by atoms with Gasteiger partial charge in [-0.05, 0) is 24.6 Å². The number of carbonyl (C=O) groups excluding carboxylic acids is 1. The molecular formula is C25H27N3O4. The molecule has 4 aromatic rings. The summed E-state index contributed by atoms with van der Waals surface area (Å²) in [5.41, 5.74) is 2.40. The smallest absolute Gasteiger partial charge is 0.257 e. The van der Waals surface area contributed by atoms with Gasteiger partial charge in [0.15, 0.2) is 6.61 Å². The van der Waals surface area contributed by atoms with Gasteiger partial charge in [-0.15, -0.1) is 0 Å². The normalized spacial score (nSPS) is 11.1. The van der Waals surface area contributed by atoms with Crippen LogP contribution in [0.15, 0.2) is 57.5 Å². The van der Waals surface area contributed by atoms with Crippen LogP contribution in [0.25, 0.3) is 11.0 Å². The summed E-state index contributed by atoms with van der Waals surface area (Å²) >= 11 is 0. The summed E-state index contributed by atoms with van der Waals surface area (Å²) in [5, 5.41) is 4.89. The van der Waals surface area contributed by atoms with Crippen molar-refractivity contribution in [2.75, 3.05) is 7.05 Å². The van der Waals surface area contributed by atoms with Crippen LogP contribution < -0.4 is 4.74 Å². The van der Waals surface area contributed by atoms with Gasteiger partial charge in [-0.25, -0.2) is 0 Å². The first-order valence-electron chi connectivity index (χ1n) is 10.8. The quantitative estimate of drug-likeness (QED) is 0.355. The molecule has 0 spiro atoms. The van der Waals surface area contributed by atoms with Crippen LogP contribution in [-0.4, -0.2) is 28.0 Å². The molecule has 2 aromatic heterocycles. The summed E-state index contributed by atoms with van der Waals surface area (Å²) in [7, 11) is 1.80. The molecule has 166 valence electrons. The fourth-order valence-corrected chi connectivity index (χ4v) is 3.69. The third kappa shape index (κ3) is 4.66. The van der Waals surface area contributed by atoms with Gasteiger partial charge >= 0.3 is 0 Å². The SMILES string of the molecule is CCCCc1oc2ccccc2c1CN(C)C(=O)c1ccccc1OCc1noc(C)n1. The zero-order valence-electron chi connectivity index (χ0n) is 18.6.